The first-order chi connectivity index (χ1) is 10.4. The largest absolute Gasteiger partial charge is 0.416 e. The SMILES string of the molecule is Cl.Cl.FC(F)(F)c1cc(Br)cc([C@@H](CC2CC2)N2CCNCC2)c1. The summed E-state index contributed by atoms with van der Waals surface area (Å²) in [7, 11) is 0. The summed E-state index contributed by atoms with van der Waals surface area (Å²) in [6.45, 7) is 3.60. The summed E-state index contributed by atoms with van der Waals surface area (Å²) in [6, 6.07) is 4.44. The fraction of sp³-hybridized carbons (Fsp3) is 0.625. The second-order valence-corrected chi connectivity index (χ2v) is 7.17. The van der Waals surface area contributed by atoms with E-state index in [1.165, 1.54) is 18.9 Å². The summed E-state index contributed by atoms with van der Waals surface area (Å²) in [4.78, 5) is 2.33. The van der Waals surface area contributed by atoms with Gasteiger partial charge >= 0.3 is 6.18 Å². The molecule has 2 aliphatic rings. The zero-order valence-corrected chi connectivity index (χ0v) is 16.3. The Morgan fingerprint density at radius 1 is 1.12 bits per heavy atom. The lowest BCUT2D eigenvalue weighted by atomic mass is 9.97. The summed E-state index contributed by atoms with van der Waals surface area (Å²) >= 11 is 3.25. The number of halogens is 6. The van der Waals surface area contributed by atoms with Crippen molar-refractivity contribution >= 4 is 40.7 Å². The molecule has 138 valence electrons. The minimum Gasteiger partial charge on any atom is -0.314 e. The number of nitrogens with zero attached hydrogens (tertiary/aromatic N) is 1. The molecule has 3 rings (SSSR count). The van der Waals surface area contributed by atoms with E-state index < -0.39 is 11.7 Å². The number of rotatable bonds is 4. The van der Waals surface area contributed by atoms with Gasteiger partial charge in [0.05, 0.1) is 5.56 Å². The molecule has 2 fully saturated rings. The molecule has 1 aromatic carbocycles. The smallest absolute Gasteiger partial charge is 0.314 e. The fourth-order valence-corrected chi connectivity index (χ4v) is 3.64. The van der Waals surface area contributed by atoms with Gasteiger partial charge < -0.3 is 5.32 Å². The van der Waals surface area contributed by atoms with Gasteiger partial charge in [-0.05, 0) is 36.1 Å². The number of alkyl halides is 3. The molecular weight excluding hydrogens is 428 g/mol. The molecule has 1 aliphatic heterocycles. The third-order valence-electron chi connectivity index (χ3n) is 4.48. The van der Waals surface area contributed by atoms with Gasteiger partial charge in [0.15, 0.2) is 0 Å². The summed E-state index contributed by atoms with van der Waals surface area (Å²) in [5.41, 5.74) is 0.225. The first kappa shape index (κ1) is 22.0. The minimum atomic E-state index is -4.30. The van der Waals surface area contributed by atoms with E-state index in [1.807, 2.05) is 6.07 Å². The van der Waals surface area contributed by atoms with Gasteiger partial charge in [0.2, 0.25) is 0 Å². The number of nitrogens with one attached hydrogen (secondary N) is 1. The molecular formula is C16H22BrCl2F3N2. The van der Waals surface area contributed by atoms with E-state index in [9.17, 15) is 13.2 Å². The Kier molecular flexibility index (Phi) is 8.34. The summed E-state index contributed by atoms with van der Waals surface area (Å²) in [6.07, 6.45) is -0.911. The molecule has 24 heavy (non-hydrogen) atoms. The number of hydrogen-bond acceptors (Lipinski definition) is 2. The van der Waals surface area contributed by atoms with Crippen molar-refractivity contribution in [3.05, 3.63) is 33.8 Å². The Balaban J connectivity index is 0.00000144. The van der Waals surface area contributed by atoms with Gasteiger partial charge in [-0.2, -0.15) is 13.2 Å². The standard InChI is InChI=1S/C16H20BrF3N2.2ClH/c17-14-9-12(8-13(10-14)16(18,19)20)15(7-11-1-2-11)22-5-3-21-4-6-22;;/h8-11,15,21H,1-7H2;2*1H/t15-;;/m1../s1. The Morgan fingerprint density at radius 3 is 2.29 bits per heavy atom. The number of hydrogen-bond donors (Lipinski definition) is 1. The molecule has 1 atom stereocenters. The van der Waals surface area contributed by atoms with Gasteiger partial charge in [0, 0.05) is 36.7 Å². The third-order valence-corrected chi connectivity index (χ3v) is 4.94. The van der Waals surface area contributed by atoms with Crippen LogP contribution in [-0.4, -0.2) is 31.1 Å². The van der Waals surface area contributed by atoms with Gasteiger partial charge in [-0.1, -0.05) is 28.8 Å². The zero-order valence-electron chi connectivity index (χ0n) is 13.1. The van der Waals surface area contributed by atoms with Crippen molar-refractivity contribution in [2.45, 2.75) is 31.5 Å². The Morgan fingerprint density at radius 2 is 1.75 bits per heavy atom. The number of piperazine rings is 1. The third kappa shape index (κ3) is 5.77. The highest BCUT2D eigenvalue weighted by Crippen LogP contribution is 2.42. The summed E-state index contributed by atoms with van der Waals surface area (Å²) in [5, 5.41) is 3.31. The van der Waals surface area contributed by atoms with Gasteiger partial charge in [0.25, 0.3) is 0 Å². The van der Waals surface area contributed by atoms with Crippen LogP contribution < -0.4 is 5.32 Å². The first-order valence-corrected chi connectivity index (χ1v) is 8.55. The molecule has 8 heteroatoms. The molecule has 0 aromatic heterocycles. The zero-order chi connectivity index (χ0) is 15.7. The van der Waals surface area contributed by atoms with Crippen LogP contribution >= 0.6 is 40.7 Å². The van der Waals surface area contributed by atoms with Crippen molar-refractivity contribution in [3.8, 4) is 0 Å². The Hall–Kier alpha value is -0.0100. The van der Waals surface area contributed by atoms with E-state index in [2.05, 4.69) is 26.1 Å². The monoisotopic (exact) mass is 448 g/mol. The van der Waals surface area contributed by atoms with Crippen LogP contribution in [0, 0.1) is 5.92 Å². The van der Waals surface area contributed by atoms with Crippen LogP contribution in [0.4, 0.5) is 13.2 Å². The molecule has 1 aliphatic carbocycles. The maximum atomic E-state index is 13.1. The highest BCUT2D eigenvalue weighted by atomic mass is 79.9. The van der Waals surface area contributed by atoms with Crippen LogP contribution in [0.1, 0.15) is 36.4 Å². The lowest BCUT2D eigenvalue weighted by molar-refractivity contribution is -0.137. The molecule has 1 saturated carbocycles. The quantitative estimate of drug-likeness (QED) is 0.691. The molecule has 0 radical (unpaired) electrons. The van der Waals surface area contributed by atoms with E-state index in [1.54, 1.807) is 0 Å². The average molecular weight is 450 g/mol. The van der Waals surface area contributed by atoms with E-state index in [0.29, 0.717) is 10.4 Å². The van der Waals surface area contributed by atoms with Crippen molar-refractivity contribution in [1.82, 2.24) is 10.2 Å². The maximum absolute atomic E-state index is 13.1. The minimum absolute atomic E-state index is 0. The molecule has 2 nitrogen and oxygen atoms in total. The van der Waals surface area contributed by atoms with Crippen LogP contribution in [0.25, 0.3) is 0 Å². The van der Waals surface area contributed by atoms with Crippen LogP contribution in [0.3, 0.4) is 0 Å². The van der Waals surface area contributed by atoms with E-state index in [0.717, 1.165) is 44.2 Å². The number of benzene rings is 1. The second kappa shape index (κ2) is 9.08. The molecule has 1 heterocycles. The summed E-state index contributed by atoms with van der Waals surface area (Å²) < 4.78 is 39.8. The summed E-state index contributed by atoms with van der Waals surface area (Å²) in [5.74, 6) is 0.674. The molecule has 0 unspecified atom stereocenters. The highest BCUT2D eigenvalue weighted by molar-refractivity contribution is 9.10. The van der Waals surface area contributed by atoms with Crippen molar-refractivity contribution in [2.24, 2.45) is 5.92 Å². The molecule has 0 spiro atoms. The van der Waals surface area contributed by atoms with Gasteiger partial charge in [0.1, 0.15) is 0 Å². The topological polar surface area (TPSA) is 15.3 Å². The molecule has 0 amide bonds. The van der Waals surface area contributed by atoms with Crippen molar-refractivity contribution in [3.63, 3.8) is 0 Å². The maximum Gasteiger partial charge on any atom is 0.416 e. The molecule has 1 saturated heterocycles. The van der Waals surface area contributed by atoms with Gasteiger partial charge in [-0.3, -0.25) is 4.90 Å². The highest BCUT2D eigenvalue weighted by Gasteiger charge is 2.34. The predicted octanol–water partition coefficient (Wildman–Crippen LogP) is 5.06. The Labute approximate surface area is 161 Å². The lowest BCUT2D eigenvalue weighted by Crippen LogP contribution is -2.45. The lowest BCUT2D eigenvalue weighted by Gasteiger charge is -2.35. The average Bonchev–Trinajstić information content (AvgIpc) is 3.28. The predicted molar refractivity (Wildman–Crippen MR) is 98.2 cm³/mol. The molecule has 1 aromatic rings. The van der Waals surface area contributed by atoms with Crippen LogP contribution in [0.15, 0.2) is 22.7 Å². The van der Waals surface area contributed by atoms with Crippen molar-refractivity contribution in [1.29, 1.82) is 0 Å². The van der Waals surface area contributed by atoms with Gasteiger partial charge in [-0.25, -0.2) is 0 Å². The van der Waals surface area contributed by atoms with E-state index >= 15 is 0 Å². The molecule has 0 bridgehead atoms. The van der Waals surface area contributed by atoms with E-state index in [-0.39, 0.29) is 30.9 Å². The van der Waals surface area contributed by atoms with Crippen LogP contribution in [0.5, 0.6) is 0 Å². The van der Waals surface area contributed by atoms with Crippen LogP contribution in [-0.2, 0) is 6.18 Å². The van der Waals surface area contributed by atoms with Crippen molar-refractivity contribution < 1.29 is 13.2 Å². The fourth-order valence-electron chi connectivity index (χ4n) is 3.13. The second-order valence-electron chi connectivity index (χ2n) is 6.25. The first-order valence-electron chi connectivity index (χ1n) is 7.76. The van der Waals surface area contributed by atoms with Gasteiger partial charge in [-0.15, -0.1) is 24.8 Å². The van der Waals surface area contributed by atoms with Crippen molar-refractivity contribution in [2.75, 3.05) is 26.2 Å². The molecule has 1 N–H and O–H groups in total. The normalized spacial score (nSPS) is 20.0. The Bertz CT molecular complexity index is 533. The van der Waals surface area contributed by atoms with Crippen LogP contribution in [0.2, 0.25) is 0 Å². The van der Waals surface area contributed by atoms with E-state index in [4.69, 9.17) is 0 Å².